The number of anilines is 2. The normalized spacial score (nSPS) is 10.4. The van der Waals surface area contributed by atoms with Crippen molar-refractivity contribution < 1.29 is 4.79 Å². The second kappa shape index (κ2) is 6.31. The van der Waals surface area contributed by atoms with Crippen LogP contribution in [0.15, 0.2) is 66.7 Å². The fourth-order valence-electron chi connectivity index (χ4n) is 2.46. The standard InChI is InChI=1S/C19H18N2O/c1-14(22)21-19-8-4-7-18(12-19)20-13-15-9-10-16-5-2-3-6-17(16)11-15/h2-12,20H,13H2,1H3,(H,21,22). The van der Waals surface area contributed by atoms with E-state index in [9.17, 15) is 4.79 Å². The van der Waals surface area contributed by atoms with Crippen molar-refractivity contribution in [2.75, 3.05) is 10.6 Å². The first kappa shape index (κ1) is 14.1. The van der Waals surface area contributed by atoms with E-state index in [0.717, 1.165) is 17.9 Å². The summed E-state index contributed by atoms with van der Waals surface area (Å²) in [5.41, 5.74) is 3.01. The van der Waals surface area contributed by atoms with Gasteiger partial charge in [0.2, 0.25) is 5.91 Å². The zero-order valence-electron chi connectivity index (χ0n) is 12.5. The fourth-order valence-corrected chi connectivity index (χ4v) is 2.46. The smallest absolute Gasteiger partial charge is 0.221 e. The summed E-state index contributed by atoms with van der Waals surface area (Å²) in [7, 11) is 0. The molecule has 3 aromatic rings. The zero-order chi connectivity index (χ0) is 15.4. The predicted molar refractivity (Wildman–Crippen MR) is 92.0 cm³/mol. The van der Waals surface area contributed by atoms with Gasteiger partial charge in [0.1, 0.15) is 0 Å². The van der Waals surface area contributed by atoms with Crippen LogP contribution in [0.5, 0.6) is 0 Å². The van der Waals surface area contributed by atoms with Crippen molar-refractivity contribution in [3.8, 4) is 0 Å². The maximum Gasteiger partial charge on any atom is 0.221 e. The van der Waals surface area contributed by atoms with E-state index in [0.29, 0.717) is 0 Å². The number of carbonyl (C=O) groups excluding carboxylic acids is 1. The van der Waals surface area contributed by atoms with Crippen molar-refractivity contribution >= 4 is 28.1 Å². The summed E-state index contributed by atoms with van der Waals surface area (Å²) in [5, 5.41) is 8.67. The Kier molecular flexibility index (Phi) is 4.05. The highest BCUT2D eigenvalue weighted by atomic mass is 16.1. The highest BCUT2D eigenvalue weighted by Crippen LogP contribution is 2.18. The molecule has 0 unspecified atom stereocenters. The summed E-state index contributed by atoms with van der Waals surface area (Å²) in [4.78, 5) is 11.1. The Morgan fingerprint density at radius 2 is 1.64 bits per heavy atom. The Labute approximate surface area is 130 Å². The van der Waals surface area contributed by atoms with Crippen LogP contribution >= 0.6 is 0 Å². The largest absolute Gasteiger partial charge is 0.381 e. The number of amides is 1. The van der Waals surface area contributed by atoms with Crippen LogP contribution < -0.4 is 10.6 Å². The third-order valence-electron chi connectivity index (χ3n) is 3.49. The Bertz CT molecular complexity index is 811. The first-order chi connectivity index (χ1) is 10.7. The fraction of sp³-hybridized carbons (Fsp3) is 0.105. The Morgan fingerprint density at radius 3 is 2.45 bits per heavy atom. The molecule has 22 heavy (non-hydrogen) atoms. The van der Waals surface area contributed by atoms with Crippen molar-refractivity contribution in [2.24, 2.45) is 0 Å². The molecule has 2 N–H and O–H groups in total. The summed E-state index contributed by atoms with van der Waals surface area (Å²) in [6.07, 6.45) is 0. The Hall–Kier alpha value is -2.81. The Balaban J connectivity index is 1.72. The van der Waals surface area contributed by atoms with Crippen LogP contribution in [0.3, 0.4) is 0 Å². The van der Waals surface area contributed by atoms with Crippen LogP contribution in [0.1, 0.15) is 12.5 Å². The molecule has 0 bridgehead atoms. The summed E-state index contributed by atoms with van der Waals surface area (Å²) >= 11 is 0. The second-order valence-electron chi connectivity index (χ2n) is 5.30. The molecule has 3 heteroatoms. The topological polar surface area (TPSA) is 41.1 Å². The average molecular weight is 290 g/mol. The number of rotatable bonds is 4. The molecule has 0 saturated carbocycles. The summed E-state index contributed by atoms with van der Waals surface area (Å²) in [6, 6.07) is 22.5. The van der Waals surface area contributed by atoms with Crippen LogP contribution in [-0.2, 0) is 11.3 Å². The molecule has 0 aliphatic carbocycles. The van der Waals surface area contributed by atoms with Gasteiger partial charge in [-0.15, -0.1) is 0 Å². The van der Waals surface area contributed by atoms with Gasteiger partial charge in [-0.1, -0.05) is 42.5 Å². The van der Waals surface area contributed by atoms with E-state index in [2.05, 4.69) is 47.0 Å². The van der Waals surface area contributed by atoms with Gasteiger partial charge in [0.05, 0.1) is 0 Å². The van der Waals surface area contributed by atoms with Crippen LogP contribution in [0, 0.1) is 0 Å². The zero-order valence-corrected chi connectivity index (χ0v) is 12.5. The van der Waals surface area contributed by atoms with Crippen molar-refractivity contribution in [3.05, 3.63) is 72.3 Å². The summed E-state index contributed by atoms with van der Waals surface area (Å²) in [5.74, 6) is -0.0633. The third-order valence-corrected chi connectivity index (χ3v) is 3.49. The highest BCUT2D eigenvalue weighted by molar-refractivity contribution is 5.89. The maximum atomic E-state index is 11.1. The van der Waals surface area contributed by atoms with Crippen molar-refractivity contribution in [2.45, 2.75) is 13.5 Å². The molecule has 0 aromatic heterocycles. The number of nitrogens with one attached hydrogen (secondary N) is 2. The molecule has 110 valence electrons. The first-order valence-electron chi connectivity index (χ1n) is 7.30. The van der Waals surface area contributed by atoms with Gasteiger partial charge in [0.15, 0.2) is 0 Å². The van der Waals surface area contributed by atoms with E-state index in [1.54, 1.807) is 0 Å². The molecule has 0 spiro atoms. The minimum Gasteiger partial charge on any atom is -0.381 e. The minimum atomic E-state index is -0.0633. The molecule has 0 aliphatic heterocycles. The van der Waals surface area contributed by atoms with Gasteiger partial charge in [-0.2, -0.15) is 0 Å². The van der Waals surface area contributed by atoms with Gasteiger partial charge >= 0.3 is 0 Å². The molecule has 3 nitrogen and oxygen atoms in total. The molecular weight excluding hydrogens is 272 g/mol. The van der Waals surface area contributed by atoms with E-state index >= 15 is 0 Å². The van der Waals surface area contributed by atoms with Crippen molar-refractivity contribution in [1.29, 1.82) is 0 Å². The van der Waals surface area contributed by atoms with Gasteiger partial charge in [-0.25, -0.2) is 0 Å². The van der Waals surface area contributed by atoms with E-state index < -0.39 is 0 Å². The molecule has 1 amide bonds. The van der Waals surface area contributed by atoms with E-state index in [4.69, 9.17) is 0 Å². The highest BCUT2D eigenvalue weighted by Gasteiger charge is 1.99. The number of fused-ring (bicyclic) bond motifs is 1. The lowest BCUT2D eigenvalue weighted by Crippen LogP contribution is -2.06. The average Bonchev–Trinajstić information content (AvgIpc) is 2.52. The quantitative estimate of drug-likeness (QED) is 0.747. The van der Waals surface area contributed by atoms with Crippen LogP contribution in [0.4, 0.5) is 11.4 Å². The number of benzene rings is 3. The number of carbonyl (C=O) groups is 1. The van der Waals surface area contributed by atoms with Crippen LogP contribution in [-0.4, -0.2) is 5.91 Å². The van der Waals surface area contributed by atoms with Crippen LogP contribution in [0.25, 0.3) is 10.8 Å². The summed E-state index contributed by atoms with van der Waals surface area (Å²) < 4.78 is 0. The molecule has 0 fully saturated rings. The first-order valence-corrected chi connectivity index (χ1v) is 7.30. The lowest BCUT2D eigenvalue weighted by atomic mass is 10.1. The number of hydrogen-bond acceptors (Lipinski definition) is 2. The van der Waals surface area contributed by atoms with E-state index in [1.165, 1.54) is 23.3 Å². The van der Waals surface area contributed by atoms with E-state index in [1.807, 2.05) is 30.3 Å². The molecular formula is C19H18N2O. The van der Waals surface area contributed by atoms with Gasteiger partial charge in [-0.05, 0) is 40.6 Å². The third kappa shape index (κ3) is 3.44. The minimum absolute atomic E-state index is 0.0633. The van der Waals surface area contributed by atoms with Gasteiger partial charge in [0.25, 0.3) is 0 Å². The SMILES string of the molecule is CC(=O)Nc1cccc(NCc2ccc3ccccc3c2)c1. The lowest BCUT2D eigenvalue weighted by Gasteiger charge is -2.09. The molecule has 0 aliphatic rings. The van der Waals surface area contributed by atoms with Crippen molar-refractivity contribution in [1.82, 2.24) is 0 Å². The van der Waals surface area contributed by atoms with Gasteiger partial charge < -0.3 is 10.6 Å². The lowest BCUT2D eigenvalue weighted by molar-refractivity contribution is -0.114. The molecule has 0 atom stereocenters. The van der Waals surface area contributed by atoms with Crippen molar-refractivity contribution in [3.63, 3.8) is 0 Å². The monoisotopic (exact) mass is 290 g/mol. The van der Waals surface area contributed by atoms with Crippen LogP contribution in [0.2, 0.25) is 0 Å². The second-order valence-corrected chi connectivity index (χ2v) is 5.30. The molecule has 0 heterocycles. The summed E-state index contributed by atoms with van der Waals surface area (Å²) in [6.45, 7) is 2.25. The molecule has 0 saturated heterocycles. The van der Waals surface area contributed by atoms with Gasteiger partial charge in [0, 0.05) is 24.8 Å². The predicted octanol–water partition coefficient (Wildman–Crippen LogP) is 4.41. The molecule has 3 rings (SSSR count). The number of hydrogen-bond donors (Lipinski definition) is 2. The van der Waals surface area contributed by atoms with E-state index in [-0.39, 0.29) is 5.91 Å². The molecule has 3 aromatic carbocycles. The maximum absolute atomic E-state index is 11.1. The van der Waals surface area contributed by atoms with Gasteiger partial charge in [-0.3, -0.25) is 4.79 Å². The Morgan fingerprint density at radius 1 is 0.864 bits per heavy atom. The molecule has 0 radical (unpaired) electrons.